The number of para-hydroxylation sites is 1. The van der Waals surface area contributed by atoms with Gasteiger partial charge < -0.3 is 20.6 Å². The highest BCUT2D eigenvalue weighted by molar-refractivity contribution is 8.02. The van der Waals surface area contributed by atoms with Gasteiger partial charge in [-0.3, -0.25) is 14.4 Å². The molecule has 1 aromatic carbocycles. The molecule has 3 unspecified atom stereocenters. The van der Waals surface area contributed by atoms with Crippen LogP contribution in [0.2, 0.25) is 0 Å². The number of fused-ring (bicyclic) bond motifs is 1. The molecule has 3 amide bonds. The minimum atomic E-state index is -0.675. The molecular weight excluding hydrogens is 426 g/mol. The van der Waals surface area contributed by atoms with E-state index in [9.17, 15) is 19.5 Å². The van der Waals surface area contributed by atoms with Crippen molar-refractivity contribution in [2.75, 3.05) is 11.9 Å². The van der Waals surface area contributed by atoms with Gasteiger partial charge in [-0.2, -0.15) is 0 Å². The van der Waals surface area contributed by atoms with E-state index in [4.69, 9.17) is 0 Å². The zero-order valence-electron chi connectivity index (χ0n) is 18.9. The summed E-state index contributed by atoms with van der Waals surface area (Å²) < 4.78 is -0.625. The number of hydrogen-bond donors (Lipinski definition) is 3. The highest BCUT2D eigenvalue weighted by atomic mass is 32.2. The van der Waals surface area contributed by atoms with Crippen LogP contribution in [0.1, 0.15) is 46.5 Å². The number of hydrogen-bond acceptors (Lipinski definition) is 5. The van der Waals surface area contributed by atoms with Crippen LogP contribution in [-0.4, -0.2) is 62.5 Å². The van der Waals surface area contributed by atoms with E-state index < -0.39 is 28.7 Å². The van der Waals surface area contributed by atoms with E-state index in [2.05, 4.69) is 17.6 Å². The van der Waals surface area contributed by atoms with Crippen LogP contribution in [0.3, 0.4) is 0 Å². The Kier molecular flexibility index (Phi) is 6.54. The van der Waals surface area contributed by atoms with Crippen LogP contribution >= 0.6 is 11.8 Å². The van der Waals surface area contributed by atoms with Crippen molar-refractivity contribution < 1.29 is 19.5 Å². The van der Waals surface area contributed by atoms with E-state index in [1.165, 1.54) is 0 Å². The molecular formula is C24H33N3O4S. The van der Waals surface area contributed by atoms with E-state index in [1.54, 1.807) is 23.6 Å². The molecule has 7 atom stereocenters. The van der Waals surface area contributed by atoms with E-state index in [1.807, 2.05) is 37.3 Å². The Morgan fingerprint density at radius 1 is 1.25 bits per heavy atom. The third-order valence-electron chi connectivity index (χ3n) is 7.18. The average Bonchev–Trinajstić information content (AvgIpc) is 3.41. The first-order valence-electron chi connectivity index (χ1n) is 11.6. The molecule has 3 saturated heterocycles. The van der Waals surface area contributed by atoms with Crippen LogP contribution in [0.4, 0.5) is 5.69 Å². The molecule has 4 rings (SSSR count). The fourth-order valence-corrected chi connectivity index (χ4v) is 8.03. The number of amides is 3. The predicted octanol–water partition coefficient (Wildman–Crippen LogP) is 2.40. The standard InChI is InChI=1S/C24H33N3O4S/c1-4-8-14(2)25-22(30)20-24-12-11-17(32-24)18(19(24)23(31)27(20)15(3)13-28)21(29)26-16-9-6-5-7-10-16/h5-7,9-10,14-15,17-20,28H,4,8,11-13H2,1-3H3,(H,25,30)(H,26,29)/t14?,15-,17-,18+,19+,20?,24?/m1/s1. The summed E-state index contributed by atoms with van der Waals surface area (Å²) in [6, 6.07) is 8.10. The van der Waals surface area contributed by atoms with Gasteiger partial charge in [0.05, 0.1) is 29.2 Å². The molecule has 174 valence electrons. The van der Waals surface area contributed by atoms with Crippen LogP contribution in [0, 0.1) is 11.8 Å². The molecule has 3 heterocycles. The first-order chi connectivity index (χ1) is 15.3. The van der Waals surface area contributed by atoms with E-state index in [-0.39, 0.29) is 35.6 Å². The van der Waals surface area contributed by atoms with Gasteiger partial charge in [-0.15, -0.1) is 11.8 Å². The van der Waals surface area contributed by atoms with Crippen LogP contribution in [0.15, 0.2) is 30.3 Å². The molecule has 7 nitrogen and oxygen atoms in total. The van der Waals surface area contributed by atoms with Gasteiger partial charge in [0.15, 0.2) is 0 Å². The van der Waals surface area contributed by atoms with E-state index in [0.717, 1.165) is 25.7 Å². The van der Waals surface area contributed by atoms with Gasteiger partial charge >= 0.3 is 0 Å². The lowest BCUT2D eigenvalue weighted by Crippen LogP contribution is -2.57. The normalized spacial score (nSPS) is 32.5. The third-order valence-corrected chi connectivity index (χ3v) is 9.13. The maximum Gasteiger partial charge on any atom is 0.244 e. The summed E-state index contributed by atoms with van der Waals surface area (Å²) in [6.45, 7) is 5.59. The van der Waals surface area contributed by atoms with Gasteiger partial charge in [0, 0.05) is 17.0 Å². The van der Waals surface area contributed by atoms with Crippen molar-refractivity contribution in [2.45, 2.75) is 74.6 Å². The molecule has 1 aromatic rings. The molecule has 32 heavy (non-hydrogen) atoms. The molecule has 0 aromatic heterocycles. The van der Waals surface area contributed by atoms with Crippen LogP contribution in [0.25, 0.3) is 0 Å². The quantitative estimate of drug-likeness (QED) is 0.555. The number of rotatable bonds is 8. The molecule has 0 radical (unpaired) electrons. The predicted molar refractivity (Wildman–Crippen MR) is 125 cm³/mol. The maximum atomic E-state index is 13.7. The second kappa shape index (κ2) is 9.06. The minimum absolute atomic E-state index is 0.00474. The molecule has 0 saturated carbocycles. The number of thioether (sulfide) groups is 1. The Morgan fingerprint density at radius 3 is 2.62 bits per heavy atom. The van der Waals surface area contributed by atoms with Gasteiger partial charge in [0.1, 0.15) is 6.04 Å². The van der Waals surface area contributed by atoms with Crippen molar-refractivity contribution in [1.29, 1.82) is 0 Å². The van der Waals surface area contributed by atoms with E-state index in [0.29, 0.717) is 5.69 Å². The minimum Gasteiger partial charge on any atom is -0.394 e. The van der Waals surface area contributed by atoms with Crippen molar-refractivity contribution in [3.05, 3.63) is 30.3 Å². The Bertz CT molecular complexity index is 881. The Balaban J connectivity index is 1.65. The van der Waals surface area contributed by atoms with Gasteiger partial charge in [-0.25, -0.2) is 0 Å². The molecule has 3 N–H and O–H groups in total. The van der Waals surface area contributed by atoms with Gasteiger partial charge in [0.2, 0.25) is 17.7 Å². The topological polar surface area (TPSA) is 98.7 Å². The van der Waals surface area contributed by atoms with Gasteiger partial charge in [0.25, 0.3) is 0 Å². The number of aliphatic hydroxyl groups excluding tert-OH is 1. The monoisotopic (exact) mass is 459 g/mol. The first kappa shape index (κ1) is 23.1. The van der Waals surface area contributed by atoms with Crippen molar-refractivity contribution >= 4 is 35.2 Å². The number of carbonyl (C=O) groups is 3. The van der Waals surface area contributed by atoms with Crippen LogP contribution < -0.4 is 10.6 Å². The maximum absolute atomic E-state index is 13.7. The lowest BCUT2D eigenvalue weighted by atomic mass is 9.70. The number of aliphatic hydroxyl groups is 1. The Labute approximate surface area is 193 Å². The number of nitrogens with one attached hydrogen (secondary N) is 2. The number of benzene rings is 1. The van der Waals surface area contributed by atoms with Crippen molar-refractivity contribution in [2.24, 2.45) is 11.8 Å². The second-order valence-electron chi connectivity index (χ2n) is 9.39. The fraction of sp³-hybridized carbons (Fsp3) is 0.625. The number of likely N-dealkylation sites (tertiary alicyclic amines) is 1. The van der Waals surface area contributed by atoms with Crippen molar-refractivity contribution in [3.8, 4) is 0 Å². The summed E-state index contributed by atoms with van der Waals surface area (Å²) in [5.41, 5.74) is 0.702. The summed E-state index contributed by atoms with van der Waals surface area (Å²) >= 11 is 1.64. The molecule has 1 spiro atoms. The summed E-state index contributed by atoms with van der Waals surface area (Å²) in [6.07, 6.45) is 3.34. The molecule has 2 bridgehead atoms. The van der Waals surface area contributed by atoms with E-state index >= 15 is 0 Å². The SMILES string of the molecule is CCCC(C)NC(=O)C1N([C@H](C)CO)C(=O)[C@@H]2[C@@H](C(=O)Nc3ccccc3)[C@H]3CCC12S3. The number of anilines is 1. The molecule has 3 aliphatic rings. The summed E-state index contributed by atoms with van der Waals surface area (Å²) in [7, 11) is 0. The Morgan fingerprint density at radius 2 is 1.97 bits per heavy atom. The second-order valence-corrected chi connectivity index (χ2v) is 11.0. The fourth-order valence-electron chi connectivity index (χ4n) is 5.83. The highest BCUT2D eigenvalue weighted by Gasteiger charge is 2.74. The van der Waals surface area contributed by atoms with Crippen molar-refractivity contribution in [1.82, 2.24) is 10.2 Å². The van der Waals surface area contributed by atoms with Gasteiger partial charge in [-0.05, 0) is 45.2 Å². The highest BCUT2D eigenvalue weighted by Crippen LogP contribution is 2.66. The summed E-state index contributed by atoms with van der Waals surface area (Å²) in [5, 5.41) is 16.0. The van der Waals surface area contributed by atoms with Crippen LogP contribution in [-0.2, 0) is 14.4 Å². The van der Waals surface area contributed by atoms with Crippen LogP contribution in [0.5, 0.6) is 0 Å². The Hall–Kier alpha value is -2.06. The van der Waals surface area contributed by atoms with Gasteiger partial charge in [-0.1, -0.05) is 31.5 Å². The molecule has 3 aliphatic heterocycles. The zero-order chi connectivity index (χ0) is 23.0. The molecule has 0 aliphatic carbocycles. The lowest BCUT2D eigenvalue weighted by molar-refractivity contribution is -0.141. The molecule has 8 heteroatoms. The molecule has 3 fully saturated rings. The number of nitrogens with zero attached hydrogens (tertiary/aromatic N) is 1. The summed E-state index contributed by atoms with van der Waals surface area (Å²) in [5.74, 6) is -1.55. The smallest absolute Gasteiger partial charge is 0.244 e. The first-order valence-corrected chi connectivity index (χ1v) is 12.5. The van der Waals surface area contributed by atoms with Crippen molar-refractivity contribution in [3.63, 3.8) is 0 Å². The largest absolute Gasteiger partial charge is 0.394 e. The average molecular weight is 460 g/mol. The third kappa shape index (κ3) is 3.71. The number of carbonyl (C=O) groups excluding carboxylic acids is 3. The lowest BCUT2D eigenvalue weighted by Gasteiger charge is -2.36. The zero-order valence-corrected chi connectivity index (χ0v) is 19.7. The summed E-state index contributed by atoms with van der Waals surface area (Å²) in [4.78, 5) is 42.1.